The second-order valence-electron chi connectivity index (χ2n) is 19.3. The van der Waals surface area contributed by atoms with E-state index < -0.39 is 22.8 Å². The van der Waals surface area contributed by atoms with Gasteiger partial charge >= 0.3 is 35.5 Å². The first-order valence-electron chi connectivity index (χ1n) is 22.8. The zero-order valence-corrected chi connectivity index (χ0v) is 43.2. The predicted molar refractivity (Wildman–Crippen MR) is 255 cm³/mol. The van der Waals surface area contributed by atoms with Crippen molar-refractivity contribution in [3.05, 3.63) is 117 Å². The van der Waals surface area contributed by atoms with Gasteiger partial charge in [-0.3, -0.25) is 14.6 Å². The minimum atomic E-state index is -0.945. The Kier molecular flexibility index (Phi) is 17.7. The van der Waals surface area contributed by atoms with Crippen molar-refractivity contribution in [1.82, 2.24) is 30.1 Å². The fourth-order valence-corrected chi connectivity index (χ4v) is 8.86. The number of hydrogen-bond acceptors (Lipinski definition) is 11. The topological polar surface area (TPSA) is 162 Å². The number of hydrogen-bond donors (Lipinski definition) is 1. The van der Waals surface area contributed by atoms with Gasteiger partial charge in [0.1, 0.15) is 0 Å². The Balaban J connectivity index is 0.000000218. The van der Waals surface area contributed by atoms with E-state index in [1.807, 2.05) is 67.6 Å². The third kappa shape index (κ3) is 13.4. The van der Waals surface area contributed by atoms with Gasteiger partial charge in [-0.1, -0.05) is 129 Å². The number of benzene rings is 4. The minimum absolute atomic E-state index is 0. The van der Waals surface area contributed by atoms with Crippen molar-refractivity contribution in [2.24, 2.45) is 22.7 Å². The van der Waals surface area contributed by atoms with Crippen LogP contribution in [0.2, 0.25) is 10.0 Å². The molecule has 0 saturated carbocycles. The number of aliphatic carboxylic acids is 2. The van der Waals surface area contributed by atoms with Crippen LogP contribution >= 0.6 is 23.2 Å². The molecule has 6 aromatic rings. The third-order valence-electron chi connectivity index (χ3n) is 12.9. The van der Waals surface area contributed by atoms with E-state index in [0.717, 1.165) is 91.1 Å². The average molecular weight is 958 g/mol. The normalized spacial score (nSPS) is 16.0. The van der Waals surface area contributed by atoms with E-state index >= 15 is 0 Å². The van der Waals surface area contributed by atoms with Crippen molar-refractivity contribution in [2.45, 2.75) is 93.2 Å². The molecule has 348 valence electrons. The number of likely N-dealkylation sites (tertiary alicyclic amines) is 2. The van der Waals surface area contributed by atoms with Gasteiger partial charge < -0.3 is 24.1 Å². The molecule has 4 heterocycles. The number of aromatic nitrogens is 4. The van der Waals surface area contributed by atoms with Crippen molar-refractivity contribution < 1.29 is 58.4 Å². The largest absolute Gasteiger partial charge is 1.00 e. The van der Waals surface area contributed by atoms with Crippen molar-refractivity contribution in [3.8, 4) is 45.7 Å². The van der Waals surface area contributed by atoms with Gasteiger partial charge in [-0.05, 0) is 130 Å². The monoisotopic (exact) mass is 956 g/mol. The van der Waals surface area contributed by atoms with Gasteiger partial charge in [-0.25, -0.2) is 0 Å². The van der Waals surface area contributed by atoms with E-state index in [-0.39, 0.29) is 29.6 Å². The predicted octanol–water partition coefficient (Wildman–Crippen LogP) is 7.55. The molecule has 0 aliphatic carbocycles. The van der Waals surface area contributed by atoms with Gasteiger partial charge in [-0.2, -0.15) is 9.97 Å². The summed E-state index contributed by atoms with van der Waals surface area (Å²) in [6, 6.07) is 27.9. The van der Waals surface area contributed by atoms with Gasteiger partial charge in [0.25, 0.3) is 11.8 Å². The van der Waals surface area contributed by atoms with E-state index in [1.54, 1.807) is 6.92 Å². The molecule has 0 amide bonds. The second-order valence-corrected chi connectivity index (χ2v) is 20.1. The molecule has 0 unspecified atom stereocenters. The van der Waals surface area contributed by atoms with Crippen LogP contribution in [0.15, 0.2) is 94.0 Å². The molecule has 1 N–H and O–H groups in total. The van der Waals surface area contributed by atoms with Gasteiger partial charge in [0.15, 0.2) is 0 Å². The zero-order valence-electron chi connectivity index (χ0n) is 39.7. The molecule has 0 bridgehead atoms. The van der Waals surface area contributed by atoms with Crippen LogP contribution in [0.5, 0.6) is 0 Å². The van der Waals surface area contributed by atoms with Crippen LogP contribution < -0.4 is 34.7 Å². The SMILES string of the molecule is CC(C)Cc1ccc(-c2nc(-c3ccc(CN4CCC(C)(C(=O)O)CC4)cc3)no2)cc1Cl.CC(C)Cc1ccc(-c2nc(-c3ccc(CN4CCC(C)(C(=O)[O-])CC4)cc3)no2)cc1Cl.[Na+]. The smallest absolute Gasteiger partial charge is 0.550 e. The van der Waals surface area contributed by atoms with Crippen molar-refractivity contribution in [1.29, 1.82) is 0 Å². The molecule has 0 radical (unpaired) electrons. The Morgan fingerprint density at radius 3 is 1.31 bits per heavy atom. The Morgan fingerprint density at radius 1 is 0.627 bits per heavy atom. The summed E-state index contributed by atoms with van der Waals surface area (Å²) in [6.45, 7) is 16.9. The maximum absolute atomic E-state index is 11.4. The fourth-order valence-electron chi connectivity index (χ4n) is 8.35. The molecule has 12 nitrogen and oxygen atoms in total. The van der Waals surface area contributed by atoms with Crippen molar-refractivity contribution in [3.63, 3.8) is 0 Å². The number of carbonyl (C=O) groups excluding carboxylic acids is 1. The molecule has 2 aliphatic heterocycles. The third-order valence-corrected chi connectivity index (χ3v) is 13.6. The summed E-state index contributed by atoms with van der Waals surface area (Å²) >= 11 is 12.9. The fraction of sp³-hybridized carbons (Fsp3) is 0.423. The first kappa shape index (κ1) is 52.0. The Bertz CT molecular complexity index is 2420. The van der Waals surface area contributed by atoms with Crippen LogP contribution in [0, 0.1) is 22.7 Å². The molecular weight excluding hydrogens is 899 g/mol. The molecule has 15 heteroatoms. The van der Waals surface area contributed by atoms with Crippen LogP contribution in [-0.2, 0) is 35.5 Å². The quantitative estimate of drug-likeness (QED) is 0.107. The molecule has 2 fully saturated rings. The number of rotatable bonds is 14. The summed E-state index contributed by atoms with van der Waals surface area (Å²) in [5, 5.41) is 30.4. The molecule has 8 rings (SSSR count). The second kappa shape index (κ2) is 22.8. The van der Waals surface area contributed by atoms with Crippen molar-refractivity contribution in [2.75, 3.05) is 26.2 Å². The van der Waals surface area contributed by atoms with Crippen LogP contribution in [0.4, 0.5) is 0 Å². The first-order chi connectivity index (χ1) is 31.5. The summed E-state index contributed by atoms with van der Waals surface area (Å²) in [5.41, 5.74) is 6.62. The number of carboxylic acid groups (broad SMARTS) is 2. The van der Waals surface area contributed by atoms with E-state index in [0.29, 0.717) is 71.0 Å². The number of piperidine rings is 2. The maximum atomic E-state index is 11.4. The summed E-state index contributed by atoms with van der Waals surface area (Å²) in [5.74, 6) is 1.38. The van der Waals surface area contributed by atoms with Crippen LogP contribution in [0.1, 0.15) is 89.5 Å². The van der Waals surface area contributed by atoms with E-state index in [9.17, 15) is 19.8 Å². The molecule has 2 saturated heterocycles. The van der Waals surface area contributed by atoms with E-state index in [4.69, 9.17) is 32.2 Å². The number of nitrogens with zero attached hydrogens (tertiary/aromatic N) is 6. The molecule has 67 heavy (non-hydrogen) atoms. The molecule has 2 aromatic heterocycles. The molecule has 4 aromatic carbocycles. The maximum Gasteiger partial charge on any atom is 1.00 e. The standard InChI is InChI=1S/2C26H30ClN3O3.Na/c2*1-17(2)14-20-8-9-21(15-22(20)27)24-28-23(29-33-24)19-6-4-18(5-7-19)16-30-12-10-26(3,11-13-30)25(31)32;/h2*4-9,15,17H,10-14,16H2,1-3H3,(H,31,32);/q;;+1/p-1. The van der Waals surface area contributed by atoms with Gasteiger partial charge in [0, 0.05) is 56.8 Å². The van der Waals surface area contributed by atoms with Crippen LogP contribution in [-0.4, -0.2) is 73.3 Å². The number of carbonyl (C=O) groups is 2. The number of carboxylic acids is 2. The Hall–Kier alpha value is -4.40. The average Bonchev–Trinajstić information content (AvgIpc) is 3.99. The Labute approximate surface area is 425 Å². The van der Waals surface area contributed by atoms with Gasteiger partial charge in [0.2, 0.25) is 11.6 Å². The molecule has 2 aliphatic rings. The number of halogens is 2. The van der Waals surface area contributed by atoms with E-state index in [2.05, 4.69) is 82.0 Å². The first-order valence-corrected chi connectivity index (χ1v) is 23.6. The molecule has 0 atom stereocenters. The summed E-state index contributed by atoms with van der Waals surface area (Å²) in [6.07, 6.45) is 4.43. The molecule has 0 spiro atoms. The zero-order chi connectivity index (χ0) is 47.2. The van der Waals surface area contributed by atoms with Gasteiger partial charge in [-0.15, -0.1) is 0 Å². The van der Waals surface area contributed by atoms with E-state index in [1.165, 1.54) is 5.56 Å². The van der Waals surface area contributed by atoms with Crippen LogP contribution in [0.3, 0.4) is 0 Å². The summed E-state index contributed by atoms with van der Waals surface area (Å²) in [7, 11) is 0. The Morgan fingerprint density at radius 2 is 0.985 bits per heavy atom. The van der Waals surface area contributed by atoms with Gasteiger partial charge in [0.05, 0.1) is 5.41 Å². The summed E-state index contributed by atoms with van der Waals surface area (Å²) < 4.78 is 11.0. The minimum Gasteiger partial charge on any atom is -0.550 e. The van der Waals surface area contributed by atoms with Crippen LogP contribution in [0.25, 0.3) is 45.7 Å². The molecular formula is C52H59Cl2N6NaO6. The van der Waals surface area contributed by atoms with Crippen molar-refractivity contribution >= 4 is 35.1 Å². The summed E-state index contributed by atoms with van der Waals surface area (Å²) in [4.78, 5) is 36.4.